The van der Waals surface area contributed by atoms with E-state index in [1.807, 2.05) is 37.3 Å². The number of carbonyl (C=O) groups is 2. The van der Waals surface area contributed by atoms with E-state index in [9.17, 15) is 22.4 Å². The SMILES string of the molecule is COc1cccc(N(CC(=O)N(Cc2ccc(F)cc2)[C@@H](Cc2ccccc2)C(=O)NC2CCCCC2)S(=O)(=O)c2ccc(C)cc2)c1. The molecule has 10 heteroatoms. The first-order valence-electron chi connectivity index (χ1n) is 16.3. The summed E-state index contributed by atoms with van der Waals surface area (Å²) in [6, 6.07) is 27.1. The molecule has 2 amide bonds. The van der Waals surface area contributed by atoms with Crippen molar-refractivity contribution in [3.63, 3.8) is 0 Å². The van der Waals surface area contributed by atoms with Gasteiger partial charge < -0.3 is 15.0 Å². The highest BCUT2D eigenvalue weighted by Crippen LogP contribution is 2.28. The molecule has 5 rings (SSSR count). The molecule has 0 heterocycles. The molecule has 0 saturated heterocycles. The molecular formula is C38H42FN3O5S. The highest BCUT2D eigenvalue weighted by molar-refractivity contribution is 7.92. The Morgan fingerprint density at radius 2 is 1.56 bits per heavy atom. The van der Waals surface area contributed by atoms with E-state index in [1.54, 1.807) is 48.5 Å². The van der Waals surface area contributed by atoms with Gasteiger partial charge in [-0.2, -0.15) is 0 Å². The molecule has 252 valence electrons. The van der Waals surface area contributed by atoms with E-state index in [4.69, 9.17) is 4.74 Å². The van der Waals surface area contributed by atoms with Crippen LogP contribution in [-0.4, -0.2) is 50.9 Å². The molecule has 0 spiro atoms. The Balaban J connectivity index is 1.57. The van der Waals surface area contributed by atoms with Crippen LogP contribution in [0, 0.1) is 12.7 Å². The molecule has 1 fully saturated rings. The smallest absolute Gasteiger partial charge is 0.264 e. The first-order valence-corrected chi connectivity index (χ1v) is 17.7. The number of hydrogen-bond donors (Lipinski definition) is 1. The third kappa shape index (κ3) is 8.80. The monoisotopic (exact) mass is 671 g/mol. The van der Waals surface area contributed by atoms with Crippen molar-refractivity contribution < 1.29 is 27.1 Å². The van der Waals surface area contributed by atoms with Gasteiger partial charge in [0.1, 0.15) is 24.2 Å². The van der Waals surface area contributed by atoms with E-state index in [-0.39, 0.29) is 35.5 Å². The maximum Gasteiger partial charge on any atom is 0.264 e. The van der Waals surface area contributed by atoms with Gasteiger partial charge in [-0.15, -0.1) is 0 Å². The minimum absolute atomic E-state index is 0.0116. The van der Waals surface area contributed by atoms with Crippen molar-refractivity contribution in [1.29, 1.82) is 0 Å². The van der Waals surface area contributed by atoms with E-state index in [1.165, 1.54) is 36.3 Å². The van der Waals surface area contributed by atoms with Crippen LogP contribution in [0.3, 0.4) is 0 Å². The first-order chi connectivity index (χ1) is 23.1. The number of anilines is 1. The summed E-state index contributed by atoms with van der Waals surface area (Å²) in [6.45, 7) is 1.23. The molecule has 4 aromatic carbocycles. The average Bonchev–Trinajstić information content (AvgIpc) is 3.10. The van der Waals surface area contributed by atoms with E-state index in [0.29, 0.717) is 11.3 Å². The van der Waals surface area contributed by atoms with Crippen molar-refractivity contribution in [2.45, 2.75) is 69.0 Å². The quantitative estimate of drug-likeness (QED) is 0.177. The Hall–Kier alpha value is -4.70. The Kier molecular flexibility index (Phi) is 11.5. The minimum atomic E-state index is -4.25. The predicted molar refractivity (Wildman–Crippen MR) is 185 cm³/mol. The van der Waals surface area contributed by atoms with Gasteiger partial charge in [0.15, 0.2) is 0 Å². The van der Waals surface area contributed by atoms with E-state index in [0.717, 1.165) is 47.5 Å². The summed E-state index contributed by atoms with van der Waals surface area (Å²) >= 11 is 0. The number of nitrogens with one attached hydrogen (secondary N) is 1. The molecule has 4 aromatic rings. The molecule has 1 atom stereocenters. The zero-order chi connectivity index (χ0) is 34.1. The number of sulfonamides is 1. The largest absolute Gasteiger partial charge is 0.497 e. The molecule has 0 aromatic heterocycles. The van der Waals surface area contributed by atoms with Crippen molar-refractivity contribution in [3.05, 3.63) is 126 Å². The number of ether oxygens (including phenoxy) is 1. The third-order valence-electron chi connectivity index (χ3n) is 8.72. The summed E-state index contributed by atoms with van der Waals surface area (Å²) in [5.74, 6) is -0.907. The maximum absolute atomic E-state index is 14.6. The maximum atomic E-state index is 14.6. The number of amides is 2. The van der Waals surface area contributed by atoms with Gasteiger partial charge in [-0.25, -0.2) is 12.8 Å². The van der Waals surface area contributed by atoms with E-state index < -0.39 is 34.3 Å². The van der Waals surface area contributed by atoms with Gasteiger partial charge in [-0.1, -0.05) is 85.5 Å². The Bertz CT molecular complexity index is 1780. The number of methoxy groups -OCH3 is 1. The molecule has 0 bridgehead atoms. The lowest BCUT2D eigenvalue weighted by Gasteiger charge is -2.35. The lowest BCUT2D eigenvalue weighted by atomic mass is 9.94. The van der Waals surface area contributed by atoms with Crippen LogP contribution in [0.25, 0.3) is 0 Å². The van der Waals surface area contributed by atoms with Gasteiger partial charge in [-0.3, -0.25) is 13.9 Å². The number of benzene rings is 4. The zero-order valence-electron chi connectivity index (χ0n) is 27.3. The number of rotatable bonds is 13. The Morgan fingerprint density at radius 1 is 0.875 bits per heavy atom. The minimum Gasteiger partial charge on any atom is -0.497 e. The molecule has 0 radical (unpaired) electrons. The fourth-order valence-electron chi connectivity index (χ4n) is 6.02. The second kappa shape index (κ2) is 15.9. The number of aryl methyl sites for hydroxylation is 1. The summed E-state index contributed by atoms with van der Waals surface area (Å²) in [5.41, 5.74) is 2.56. The van der Waals surface area contributed by atoms with Crippen LogP contribution in [0.4, 0.5) is 10.1 Å². The first kappa shape index (κ1) is 34.6. The fraction of sp³-hybridized carbons (Fsp3) is 0.316. The molecule has 8 nitrogen and oxygen atoms in total. The highest BCUT2D eigenvalue weighted by Gasteiger charge is 2.35. The van der Waals surface area contributed by atoms with Crippen molar-refractivity contribution in [2.75, 3.05) is 18.0 Å². The van der Waals surface area contributed by atoms with Crippen LogP contribution in [-0.2, 0) is 32.6 Å². The molecule has 1 aliphatic carbocycles. The van der Waals surface area contributed by atoms with E-state index >= 15 is 0 Å². The lowest BCUT2D eigenvalue weighted by molar-refractivity contribution is -0.140. The van der Waals surface area contributed by atoms with Crippen LogP contribution in [0.15, 0.2) is 108 Å². The standard InChI is InChI=1S/C38H42FN3O5S/c1-28-16-22-35(23-17-28)48(45,46)42(33-14-9-15-34(25-33)47-2)27-37(43)41(26-30-18-20-31(39)21-19-30)36(24-29-10-5-3-6-11-29)38(44)40-32-12-7-4-8-13-32/h3,5-6,9-11,14-23,25,32,36H,4,7-8,12-13,24,26-27H2,1-2H3,(H,40,44)/t36-/m0/s1. The summed E-state index contributed by atoms with van der Waals surface area (Å²) in [7, 11) is -2.77. The third-order valence-corrected chi connectivity index (χ3v) is 10.5. The van der Waals surface area contributed by atoms with E-state index in [2.05, 4.69) is 5.32 Å². The van der Waals surface area contributed by atoms with Gasteiger partial charge in [-0.05, 0) is 67.3 Å². The summed E-state index contributed by atoms with van der Waals surface area (Å²) in [5, 5.41) is 3.19. The number of halogens is 1. The summed E-state index contributed by atoms with van der Waals surface area (Å²) in [6.07, 6.45) is 5.06. The average molecular weight is 672 g/mol. The highest BCUT2D eigenvalue weighted by atomic mass is 32.2. The van der Waals surface area contributed by atoms with Crippen molar-refractivity contribution >= 4 is 27.5 Å². The summed E-state index contributed by atoms with van der Waals surface area (Å²) < 4.78 is 48.9. The van der Waals surface area contributed by atoms with Crippen molar-refractivity contribution in [2.24, 2.45) is 0 Å². The summed E-state index contributed by atoms with van der Waals surface area (Å²) in [4.78, 5) is 30.3. The second-order valence-electron chi connectivity index (χ2n) is 12.2. The topological polar surface area (TPSA) is 96.0 Å². The van der Waals surface area contributed by atoms with Gasteiger partial charge in [0.2, 0.25) is 11.8 Å². The zero-order valence-corrected chi connectivity index (χ0v) is 28.2. The second-order valence-corrected chi connectivity index (χ2v) is 14.1. The fourth-order valence-corrected chi connectivity index (χ4v) is 7.42. The van der Waals surface area contributed by atoms with Crippen LogP contribution >= 0.6 is 0 Å². The Labute approximate surface area is 282 Å². The van der Waals surface area contributed by atoms with Crippen LogP contribution in [0.2, 0.25) is 0 Å². The number of hydrogen-bond acceptors (Lipinski definition) is 5. The Morgan fingerprint density at radius 3 is 2.23 bits per heavy atom. The predicted octanol–water partition coefficient (Wildman–Crippen LogP) is 6.43. The molecule has 1 aliphatic rings. The van der Waals surface area contributed by atoms with Crippen molar-refractivity contribution in [3.8, 4) is 5.75 Å². The molecule has 48 heavy (non-hydrogen) atoms. The molecule has 0 aliphatic heterocycles. The van der Waals surface area contributed by atoms with Crippen LogP contribution in [0.5, 0.6) is 5.75 Å². The van der Waals surface area contributed by atoms with Gasteiger partial charge >= 0.3 is 0 Å². The number of nitrogens with zero attached hydrogens (tertiary/aromatic N) is 2. The normalized spacial score (nSPS) is 14.1. The van der Waals surface area contributed by atoms with Crippen molar-refractivity contribution in [1.82, 2.24) is 10.2 Å². The van der Waals surface area contributed by atoms with Gasteiger partial charge in [0.05, 0.1) is 17.7 Å². The van der Waals surface area contributed by atoms with Crippen LogP contribution < -0.4 is 14.4 Å². The number of carbonyl (C=O) groups excluding carboxylic acids is 2. The van der Waals surface area contributed by atoms with Gasteiger partial charge in [0, 0.05) is 25.1 Å². The lowest BCUT2D eigenvalue weighted by Crippen LogP contribution is -2.55. The molecular weight excluding hydrogens is 629 g/mol. The molecule has 0 unspecified atom stereocenters. The molecule has 1 saturated carbocycles. The van der Waals surface area contributed by atoms with Crippen LogP contribution in [0.1, 0.15) is 48.8 Å². The van der Waals surface area contributed by atoms with Gasteiger partial charge in [0.25, 0.3) is 10.0 Å². The molecule has 1 N–H and O–H groups in total.